The Labute approximate surface area is 120 Å². The monoisotopic (exact) mass is 330 g/mol. The van der Waals surface area contributed by atoms with Crippen molar-refractivity contribution >= 4 is 34.8 Å². The molecule has 0 fully saturated rings. The van der Waals surface area contributed by atoms with E-state index in [0.717, 1.165) is 12.1 Å². The van der Waals surface area contributed by atoms with Crippen molar-refractivity contribution in [2.75, 3.05) is 6.54 Å². The number of carbonyl (C=O) groups excluding carboxylic acids is 1. The molecular weight excluding hydrogens is 324 g/mol. The van der Waals surface area contributed by atoms with E-state index in [9.17, 15) is 28.1 Å². The molecule has 0 aliphatic rings. The molecule has 0 unspecified atom stereocenters. The number of benzene rings is 1. The first-order chi connectivity index (χ1) is 9.11. The van der Waals surface area contributed by atoms with Gasteiger partial charge in [-0.25, -0.2) is 0 Å². The van der Waals surface area contributed by atoms with E-state index < -0.39 is 35.7 Å². The van der Waals surface area contributed by atoms with Gasteiger partial charge in [0.15, 0.2) is 0 Å². The fourth-order valence-corrected chi connectivity index (χ4v) is 1.67. The highest BCUT2D eigenvalue weighted by atomic mass is 35.5. The highest BCUT2D eigenvalue weighted by molar-refractivity contribution is 6.44. The Morgan fingerprint density at radius 3 is 2.45 bits per heavy atom. The molecule has 1 aromatic rings. The minimum atomic E-state index is -4.42. The van der Waals surface area contributed by atoms with Crippen molar-refractivity contribution in [2.24, 2.45) is 0 Å². The van der Waals surface area contributed by atoms with Crippen molar-refractivity contribution in [1.29, 1.82) is 0 Å². The number of nitro groups is 1. The third kappa shape index (κ3) is 4.53. The maximum atomic E-state index is 11.9. The molecule has 1 aromatic carbocycles. The Hall–Kier alpha value is -1.54. The van der Waals surface area contributed by atoms with Crippen molar-refractivity contribution in [1.82, 2.24) is 5.32 Å². The van der Waals surface area contributed by atoms with Crippen LogP contribution in [0, 0.1) is 10.1 Å². The number of nitrogens with zero attached hydrogens (tertiary/aromatic N) is 1. The van der Waals surface area contributed by atoms with Gasteiger partial charge in [-0.05, 0) is 0 Å². The average molecular weight is 331 g/mol. The van der Waals surface area contributed by atoms with Gasteiger partial charge < -0.3 is 5.32 Å². The number of nitro benzene ring substituents is 1. The number of hydrogen-bond acceptors (Lipinski definition) is 3. The largest absolute Gasteiger partial charge is 0.390 e. The van der Waals surface area contributed by atoms with Crippen LogP contribution >= 0.6 is 23.2 Å². The lowest BCUT2D eigenvalue weighted by Gasteiger charge is -2.09. The first-order valence-corrected chi connectivity index (χ1v) is 5.86. The number of halogens is 5. The number of nitrogens with one attached hydrogen (secondary N) is 1. The Morgan fingerprint density at radius 1 is 1.35 bits per heavy atom. The van der Waals surface area contributed by atoms with Gasteiger partial charge in [0.05, 0.1) is 27.0 Å². The Morgan fingerprint density at radius 2 is 1.95 bits per heavy atom. The third-order valence-corrected chi connectivity index (χ3v) is 2.96. The molecular formula is C10H7Cl2F3N2O3. The molecule has 1 amide bonds. The lowest BCUT2D eigenvalue weighted by Crippen LogP contribution is -2.28. The summed E-state index contributed by atoms with van der Waals surface area (Å²) < 4.78 is 35.8. The van der Waals surface area contributed by atoms with Crippen LogP contribution in [0.5, 0.6) is 0 Å². The predicted molar refractivity (Wildman–Crippen MR) is 66.1 cm³/mol. The molecule has 110 valence electrons. The topological polar surface area (TPSA) is 72.2 Å². The van der Waals surface area contributed by atoms with E-state index in [1.54, 1.807) is 0 Å². The number of hydrogen-bond donors (Lipinski definition) is 1. The quantitative estimate of drug-likeness (QED) is 0.677. The summed E-state index contributed by atoms with van der Waals surface area (Å²) in [5.41, 5.74) is -0.839. The van der Waals surface area contributed by atoms with Crippen LogP contribution in [-0.2, 0) is 0 Å². The summed E-state index contributed by atoms with van der Waals surface area (Å²) in [6, 6.07) is 1.79. The highest BCUT2D eigenvalue weighted by Gasteiger charge is 2.27. The molecule has 1 rings (SSSR count). The van der Waals surface area contributed by atoms with Gasteiger partial charge >= 0.3 is 6.18 Å². The fourth-order valence-electron chi connectivity index (χ4n) is 1.26. The van der Waals surface area contributed by atoms with Gasteiger partial charge in [0.25, 0.3) is 11.6 Å². The third-order valence-electron chi connectivity index (χ3n) is 2.16. The zero-order valence-electron chi connectivity index (χ0n) is 9.63. The van der Waals surface area contributed by atoms with Gasteiger partial charge in [-0.1, -0.05) is 23.2 Å². The molecule has 0 bridgehead atoms. The van der Waals surface area contributed by atoms with Crippen molar-refractivity contribution in [3.05, 3.63) is 37.9 Å². The van der Waals surface area contributed by atoms with Crippen LogP contribution in [0.4, 0.5) is 18.9 Å². The highest BCUT2D eigenvalue weighted by Crippen LogP contribution is 2.30. The SMILES string of the molecule is O=C(NCCC(F)(F)F)c1cc([N+](=O)[O-])cc(Cl)c1Cl. The molecule has 5 nitrogen and oxygen atoms in total. The molecule has 0 aromatic heterocycles. The number of amides is 1. The van der Waals surface area contributed by atoms with Gasteiger partial charge in [-0.3, -0.25) is 14.9 Å². The number of non-ortho nitro benzene ring substituents is 1. The zero-order valence-corrected chi connectivity index (χ0v) is 11.1. The van der Waals surface area contributed by atoms with Crippen molar-refractivity contribution in [3.63, 3.8) is 0 Å². The summed E-state index contributed by atoms with van der Waals surface area (Å²) >= 11 is 11.3. The minimum absolute atomic E-state index is 0.234. The summed E-state index contributed by atoms with van der Waals surface area (Å²) in [4.78, 5) is 21.4. The van der Waals surface area contributed by atoms with Crippen LogP contribution in [-0.4, -0.2) is 23.6 Å². The maximum absolute atomic E-state index is 11.9. The second-order valence-electron chi connectivity index (χ2n) is 3.67. The lowest BCUT2D eigenvalue weighted by molar-refractivity contribution is -0.384. The van der Waals surface area contributed by atoms with Crippen LogP contribution in [0.15, 0.2) is 12.1 Å². The molecule has 0 heterocycles. The number of carbonyl (C=O) groups is 1. The summed E-state index contributed by atoms with van der Waals surface area (Å²) in [6.45, 7) is -0.668. The van der Waals surface area contributed by atoms with E-state index in [0.29, 0.717) is 0 Å². The van der Waals surface area contributed by atoms with Crippen molar-refractivity contribution in [2.45, 2.75) is 12.6 Å². The summed E-state index contributed by atoms with van der Waals surface area (Å²) in [5.74, 6) is -0.968. The standard InChI is InChI=1S/C10H7Cl2F3N2O3/c11-7-4-5(17(19)20)3-6(8(7)12)9(18)16-2-1-10(13,14)15/h3-4H,1-2H2,(H,16,18). The van der Waals surface area contributed by atoms with Crippen LogP contribution in [0.3, 0.4) is 0 Å². The van der Waals surface area contributed by atoms with Gasteiger partial charge in [-0.2, -0.15) is 13.2 Å². The first kappa shape index (κ1) is 16.5. The van der Waals surface area contributed by atoms with E-state index in [4.69, 9.17) is 23.2 Å². The fraction of sp³-hybridized carbons (Fsp3) is 0.300. The summed E-state index contributed by atoms with van der Waals surface area (Å²) in [7, 11) is 0. The molecule has 0 saturated carbocycles. The minimum Gasteiger partial charge on any atom is -0.352 e. The Kier molecular flexibility index (Phi) is 5.18. The molecule has 10 heteroatoms. The van der Waals surface area contributed by atoms with Gasteiger partial charge in [0.2, 0.25) is 0 Å². The van der Waals surface area contributed by atoms with Gasteiger partial charge in [0.1, 0.15) is 0 Å². The molecule has 20 heavy (non-hydrogen) atoms. The lowest BCUT2D eigenvalue weighted by atomic mass is 10.2. The number of alkyl halides is 3. The zero-order chi connectivity index (χ0) is 15.5. The van der Waals surface area contributed by atoms with E-state index in [-0.39, 0.29) is 15.6 Å². The smallest absolute Gasteiger partial charge is 0.352 e. The Balaban J connectivity index is 2.90. The van der Waals surface area contributed by atoms with Crippen molar-refractivity contribution < 1.29 is 22.9 Å². The van der Waals surface area contributed by atoms with E-state index in [1.165, 1.54) is 0 Å². The Bertz CT molecular complexity index is 549. The normalized spacial score (nSPS) is 11.2. The second kappa shape index (κ2) is 6.27. The molecule has 1 N–H and O–H groups in total. The molecule has 0 aliphatic heterocycles. The maximum Gasteiger partial charge on any atom is 0.390 e. The van der Waals surface area contributed by atoms with Crippen LogP contribution in [0.25, 0.3) is 0 Å². The summed E-state index contributed by atoms with van der Waals surface area (Å²) in [5, 5.41) is 12.1. The molecule has 0 radical (unpaired) electrons. The van der Waals surface area contributed by atoms with Crippen LogP contribution in [0.1, 0.15) is 16.8 Å². The van der Waals surface area contributed by atoms with Crippen LogP contribution < -0.4 is 5.32 Å². The average Bonchev–Trinajstić information content (AvgIpc) is 2.30. The second-order valence-corrected chi connectivity index (χ2v) is 4.45. The molecule has 0 atom stereocenters. The van der Waals surface area contributed by atoms with Crippen molar-refractivity contribution in [3.8, 4) is 0 Å². The molecule has 0 aliphatic carbocycles. The van der Waals surface area contributed by atoms with E-state index in [2.05, 4.69) is 0 Å². The molecule has 0 spiro atoms. The molecule has 0 saturated heterocycles. The van der Waals surface area contributed by atoms with E-state index in [1.807, 2.05) is 5.32 Å². The van der Waals surface area contributed by atoms with Crippen LogP contribution in [0.2, 0.25) is 10.0 Å². The summed E-state index contributed by atoms with van der Waals surface area (Å²) in [6.07, 6.45) is -5.64. The number of rotatable bonds is 4. The first-order valence-electron chi connectivity index (χ1n) is 5.10. The van der Waals surface area contributed by atoms with E-state index >= 15 is 0 Å². The van der Waals surface area contributed by atoms with Gasteiger partial charge in [0, 0.05) is 18.7 Å². The van der Waals surface area contributed by atoms with Gasteiger partial charge in [-0.15, -0.1) is 0 Å². The predicted octanol–water partition coefficient (Wildman–Crippen LogP) is 3.58.